The minimum atomic E-state index is -0.572. The first kappa shape index (κ1) is 10.5. The van der Waals surface area contributed by atoms with E-state index in [1.165, 1.54) is 18.4 Å². The van der Waals surface area contributed by atoms with Crippen molar-refractivity contribution in [3.8, 4) is 0 Å². The summed E-state index contributed by atoms with van der Waals surface area (Å²) in [5.74, 6) is 0.764. The molecule has 1 aromatic heterocycles. The van der Waals surface area contributed by atoms with Crippen molar-refractivity contribution in [3.05, 3.63) is 53.3 Å². The van der Waals surface area contributed by atoms with Gasteiger partial charge in [0.2, 0.25) is 0 Å². The summed E-state index contributed by atoms with van der Waals surface area (Å²) in [6.07, 6.45) is 5.60. The van der Waals surface area contributed by atoms with Gasteiger partial charge in [-0.1, -0.05) is 24.3 Å². The van der Waals surface area contributed by atoms with Crippen LogP contribution in [0.25, 0.3) is 0 Å². The molecular formula is C14H16N2O. The molecule has 3 rings (SSSR count). The molecule has 1 unspecified atom stereocenters. The van der Waals surface area contributed by atoms with Gasteiger partial charge in [0.15, 0.2) is 0 Å². The van der Waals surface area contributed by atoms with Crippen LogP contribution in [0.1, 0.15) is 41.6 Å². The van der Waals surface area contributed by atoms with E-state index in [1.54, 1.807) is 10.9 Å². The quantitative estimate of drug-likeness (QED) is 0.875. The van der Waals surface area contributed by atoms with Gasteiger partial charge < -0.3 is 5.11 Å². The van der Waals surface area contributed by atoms with E-state index in [4.69, 9.17) is 0 Å². The topological polar surface area (TPSA) is 38.0 Å². The van der Waals surface area contributed by atoms with E-state index in [1.807, 2.05) is 25.4 Å². The number of rotatable bonds is 3. The molecule has 3 heteroatoms. The number of hydrogen-bond donors (Lipinski definition) is 1. The summed E-state index contributed by atoms with van der Waals surface area (Å²) in [6.45, 7) is 0. The number of nitrogens with zero attached hydrogens (tertiary/aromatic N) is 2. The summed E-state index contributed by atoms with van der Waals surface area (Å²) in [4.78, 5) is 0. The molecule has 1 fully saturated rings. The maximum absolute atomic E-state index is 10.2. The molecular weight excluding hydrogens is 212 g/mol. The number of aliphatic hydroxyl groups excluding tert-OH is 1. The molecule has 88 valence electrons. The Kier molecular flexibility index (Phi) is 2.48. The highest BCUT2D eigenvalue weighted by molar-refractivity contribution is 5.32. The summed E-state index contributed by atoms with van der Waals surface area (Å²) < 4.78 is 1.71. The Labute approximate surface area is 101 Å². The Morgan fingerprint density at radius 2 is 1.94 bits per heavy atom. The van der Waals surface area contributed by atoms with E-state index in [2.05, 4.69) is 17.2 Å². The molecule has 1 heterocycles. The van der Waals surface area contributed by atoms with Crippen LogP contribution < -0.4 is 0 Å². The van der Waals surface area contributed by atoms with Crippen LogP contribution in [0, 0.1) is 0 Å². The third kappa shape index (κ3) is 2.11. The van der Waals surface area contributed by atoms with Gasteiger partial charge in [-0.2, -0.15) is 5.10 Å². The molecule has 2 aromatic rings. The zero-order valence-electron chi connectivity index (χ0n) is 9.87. The molecule has 1 saturated carbocycles. The molecule has 0 spiro atoms. The van der Waals surface area contributed by atoms with E-state index >= 15 is 0 Å². The number of aryl methyl sites for hydroxylation is 1. The molecule has 1 aliphatic carbocycles. The van der Waals surface area contributed by atoms with Crippen molar-refractivity contribution in [2.45, 2.75) is 24.9 Å². The minimum absolute atomic E-state index is 0.572. The highest BCUT2D eigenvalue weighted by Crippen LogP contribution is 2.40. The summed E-state index contributed by atoms with van der Waals surface area (Å²) in [5.41, 5.74) is 3.17. The van der Waals surface area contributed by atoms with E-state index in [0.717, 1.165) is 17.0 Å². The Hall–Kier alpha value is -1.61. The van der Waals surface area contributed by atoms with Crippen molar-refractivity contribution in [2.24, 2.45) is 7.05 Å². The molecule has 1 atom stereocenters. The lowest BCUT2D eigenvalue weighted by molar-refractivity contribution is 0.220. The van der Waals surface area contributed by atoms with Crippen molar-refractivity contribution in [1.29, 1.82) is 0 Å². The van der Waals surface area contributed by atoms with Crippen molar-refractivity contribution in [3.63, 3.8) is 0 Å². The van der Waals surface area contributed by atoms with Gasteiger partial charge in [0, 0.05) is 18.8 Å². The van der Waals surface area contributed by atoms with Gasteiger partial charge in [-0.25, -0.2) is 0 Å². The zero-order chi connectivity index (χ0) is 11.8. The average molecular weight is 228 g/mol. The van der Waals surface area contributed by atoms with Gasteiger partial charge in [0.05, 0.1) is 6.20 Å². The average Bonchev–Trinajstić information content (AvgIpc) is 3.11. The number of aliphatic hydroxyl groups is 1. The predicted octanol–water partition coefficient (Wildman–Crippen LogP) is 2.38. The predicted molar refractivity (Wildman–Crippen MR) is 65.7 cm³/mol. The van der Waals surface area contributed by atoms with Crippen LogP contribution in [0.15, 0.2) is 36.7 Å². The van der Waals surface area contributed by atoms with E-state index in [-0.39, 0.29) is 0 Å². The molecule has 0 saturated heterocycles. The van der Waals surface area contributed by atoms with Crippen LogP contribution in [0.5, 0.6) is 0 Å². The Morgan fingerprint density at radius 3 is 2.47 bits per heavy atom. The standard InChI is InChI=1S/C14H16N2O/c1-16-9-13(8-15-16)14(17)12-6-4-11(5-7-12)10-2-3-10/h4-10,14,17H,2-3H2,1H3. The fraction of sp³-hybridized carbons (Fsp3) is 0.357. The Bertz CT molecular complexity index is 511. The molecule has 1 aromatic carbocycles. The second-order valence-corrected chi connectivity index (χ2v) is 4.79. The second-order valence-electron chi connectivity index (χ2n) is 4.79. The molecule has 0 amide bonds. The third-order valence-corrected chi connectivity index (χ3v) is 3.34. The Balaban J connectivity index is 1.83. The third-order valence-electron chi connectivity index (χ3n) is 3.34. The van der Waals surface area contributed by atoms with Crippen LogP contribution in [0.3, 0.4) is 0 Å². The number of aromatic nitrogens is 2. The molecule has 1 aliphatic rings. The van der Waals surface area contributed by atoms with Crippen molar-refractivity contribution >= 4 is 0 Å². The fourth-order valence-electron chi connectivity index (χ4n) is 2.14. The van der Waals surface area contributed by atoms with Crippen molar-refractivity contribution in [1.82, 2.24) is 9.78 Å². The largest absolute Gasteiger partial charge is 0.384 e. The zero-order valence-corrected chi connectivity index (χ0v) is 9.87. The SMILES string of the molecule is Cn1cc(C(O)c2ccc(C3CC3)cc2)cn1. The number of benzene rings is 1. The molecule has 3 nitrogen and oxygen atoms in total. The second kappa shape index (κ2) is 4.00. The maximum Gasteiger partial charge on any atom is 0.107 e. The molecule has 17 heavy (non-hydrogen) atoms. The molecule has 0 bridgehead atoms. The first-order chi connectivity index (χ1) is 8.24. The highest BCUT2D eigenvalue weighted by Gasteiger charge is 2.23. The molecule has 1 N–H and O–H groups in total. The van der Waals surface area contributed by atoms with Gasteiger partial charge in [0.25, 0.3) is 0 Å². The van der Waals surface area contributed by atoms with Gasteiger partial charge in [-0.05, 0) is 29.9 Å². The minimum Gasteiger partial charge on any atom is -0.384 e. The fourth-order valence-corrected chi connectivity index (χ4v) is 2.14. The Morgan fingerprint density at radius 1 is 1.24 bits per heavy atom. The summed E-state index contributed by atoms with van der Waals surface area (Å²) in [7, 11) is 1.85. The first-order valence-electron chi connectivity index (χ1n) is 6.00. The van der Waals surface area contributed by atoms with Crippen LogP contribution in [0.4, 0.5) is 0 Å². The lowest BCUT2D eigenvalue weighted by atomic mass is 10.0. The highest BCUT2D eigenvalue weighted by atomic mass is 16.3. The number of hydrogen-bond acceptors (Lipinski definition) is 2. The summed E-state index contributed by atoms with van der Waals surface area (Å²) >= 11 is 0. The summed E-state index contributed by atoms with van der Waals surface area (Å²) in [6, 6.07) is 8.30. The first-order valence-corrected chi connectivity index (χ1v) is 6.00. The smallest absolute Gasteiger partial charge is 0.107 e. The van der Waals surface area contributed by atoms with Gasteiger partial charge in [-0.3, -0.25) is 4.68 Å². The summed E-state index contributed by atoms with van der Waals surface area (Å²) in [5, 5.41) is 14.3. The molecule has 0 aliphatic heterocycles. The van der Waals surface area contributed by atoms with E-state index in [9.17, 15) is 5.11 Å². The lowest BCUT2D eigenvalue weighted by Crippen LogP contribution is -1.98. The monoisotopic (exact) mass is 228 g/mol. The van der Waals surface area contributed by atoms with Crippen molar-refractivity contribution < 1.29 is 5.11 Å². The maximum atomic E-state index is 10.2. The van der Waals surface area contributed by atoms with Crippen LogP contribution >= 0.6 is 0 Å². The normalized spacial score (nSPS) is 17.1. The van der Waals surface area contributed by atoms with E-state index in [0.29, 0.717) is 0 Å². The van der Waals surface area contributed by atoms with Crippen LogP contribution in [0.2, 0.25) is 0 Å². The van der Waals surface area contributed by atoms with Crippen LogP contribution in [-0.2, 0) is 7.05 Å². The van der Waals surface area contributed by atoms with E-state index < -0.39 is 6.10 Å². The molecule has 0 radical (unpaired) electrons. The lowest BCUT2D eigenvalue weighted by Gasteiger charge is -2.09. The van der Waals surface area contributed by atoms with Gasteiger partial charge >= 0.3 is 0 Å². The van der Waals surface area contributed by atoms with Gasteiger partial charge in [-0.15, -0.1) is 0 Å². The van der Waals surface area contributed by atoms with Crippen LogP contribution in [-0.4, -0.2) is 14.9 Å². The van der Waals surface area contributed by atoms with Crippen molar-refractivity contribution in [2.75, 3.05) is 0 Å². The van der Waals surface area contributed by atoms with Gasteiger partial charge in [0.1, 0.15) is 6.10 Å².